The number of carbonyl (C=O) groups is 1. The molecule has 0 atom stereocenters. The number of halogens is 1. The lowest BCUT2D eigenvalue weighted by atomic mass is 10.1. The van der Waals surface area contributed by atoms with E-state index in [2.05, 4.69) is 15.9 Å². The molecule has 31 heavy (non-hydrogen) atoms. The van der Waals surface area contributed by atoms with E-state index in [0.29, 0.717) is 25.3 Å². The molecule has 0 unspecified atom stereocenters. The highest BCUT2D eigenvalue weighted by molar-refractivity contribution is 9.10. The molecule has 0 N–H and O–H groups in total. The Morgan fingerprint density at radius 1 is 0.839 bits per heavy atom. The van der Waals surface area contributed by atoms with Crippen molar-refractivity contribution in [2.75, 3.05) is 0 Å². The van der Waals surface area contributed by atoms with Gasteiger partial charge in [-0.1, -0.05) is 64.5 Å². The van der Waals surface area contributed by atoms with Gasteiger partial charge < -0.3 is 14.1 Å². The smallest absolute Gasteiger partial charge is 0.254 e. The van der Waals surface area contributed by atoms with E-state index in [4.69, 9.17) is 9.15 Å². The van der Waals surface area contributed by atoms with Gasteiger partial charge >= 0.3 is 0 Å². The number of carbonyl (C=O) groups excluding carboxylic acids is 1. The lowest BCUT2D eigenvalue weighted by Crippen LogP contribution is -2.30. The Labute approximate surface area is 190 Å². The molecule has 0 radical (unpaired) electrons. The van der Waals surface area contributed by atoms with Crippen LogP contribution in [0.25, 0.3) is 0 Å². The third kappa shape index (κ3) is 5.86. The SMILES string of the molecule is O=C(c1cccc(Br)c1)N(Cc1cccc(OCc2ccccc2)c1)Cc1ccco1. The Balaban J connectivity index is 1.51. The second-order valence-electron chi connectivity index (χ2n) is 7.17. The molecular formula is C26H22BrNO3. The zero-order valence-corrected chi connectivity index (χ0v) is 18.5. The maximum Gasteiger partial charge on any atom is 0.254 e. The van der Waals surface area contributed by atoms with Gasteiger partial charge in [0.05, 0.1) is 12.8 Å². The molecule has 0 fully saturated rings. The lowest BCUT2D eigenvalue weighted by molar-refractivity contribution is 0.0717. The van der Waals surface area contributed by atoms with Crippen LogP contribution in [0.5, 0.6) is 5.75 Å². The molecule has 4 nitrogen and oxygen atoms in total. The first-order chi connectivity index (χ1) is 15.2. The molecule has 156 valence electrons. The standard InChI is InChI=1S/C26H22BrNO3/c27-23-11-5-10-22(16-23)26(29)28(18-25-13-6-14-30-25)17-21-9-4-12-24(15-21)31-19-20-7-2-1-3-8-20/h1-16H,17-19H2. The van der Waals surface area contributed by atoms with Crippen molar-refractivity contribution in [3.63, 3.8) is 0 Å². The minimum Gasteiger partial charge on any atom is -0.489 e. The molecule has 0 bridgehead atoms. The van der Waals surface area contributed by atoms with Gasteiger partial charge in [0, 0.05) is 16.6 Å². The number of amides is 1. The zero-order chi connectivity index (χ0) is 21.5. The molecule has 4 aromatic rings. The molecule has 0 spiro atoms. The van der Waals surface area contributed by atoms with Gasteiger partial charge in [-0.15, -0.1) is 0 Å². The Morgan fingerprint density at radius 2 is 1.65 bits per heavy atom. The van der Waals surface area contributed by atoms with Gasteiger partial charge in [-0.2, -0.15) is 0 Å². The van der Waals surface area contributed by atoms with Crippen LogP contribution in [-0.2, 0) is 19.7 Å². The molecule has 1 aromatic heterocycles. The number of benzene rings is 3. The summed E-state index contributed by atoms with van der Waals surface area (Å²) in [4.78, 5) is 15.0. The van der Waals surface area contributed by atoms with E-state index in [-0.39, 0.29) is 5.91 Å². The van der Waals surface area contributed by atoms with Gasteiger partial charge in [0.25, 0.3) is 5.91 Å². The van der Waals surface area contributed by atoms with E-state index < -0.39 is 0 Å². The fourth-order valence-electron chi connectivity index (χ4n) is 3.29. The number of ether oxygens (including phenoxy) is 1. The van der Waals surface area contributed by atoms with Crippen LogP contribution in [0.2, 0.25) is 0 Å². The van der Waals surface area contributed by atoms with E-state index in [1.165, 1.54) is 0 Å². The van der Waals surface area contributed by atoms with Crippen molar-refractivity contribution in [3.05, 3.63) is 124 Å². The van der Waals surface area contributed by atoms with Crippen LogP contribution < -0.4 is 4.74 Å². The van der Waals surface area contributed by atoms with E-state index in [1.54, 1.807) is 11.2 Å². The average Bonchev–Trinajstić information content (AvgIpc) is 3.31. The van der Waals surface area contributed by atoms with Crippen LogP contribution in [0.4, 0.5) is 0 Å². The molecule has 0 aliphatic rings. The fourth-order valence-corrected chi connectivity index (χ4v) is 3.69. The molecule has 3 aromatic carbocycles. The first-order valence-electron chi connectivity index (χ1n) is 10.0. The first-order valence-corrected chi connectivity index (χ1v) is 10.8. The van der Waals surface area contributed by atoms with Crippen molar-refractivity contribution in [3.8, 4) is 5.75 Å². The van der Waals surface area contributed by atoms with Crippen molar-refractivity contribution in [2.45, 2.75) is 19.7 Å². The lowest BCUT2D eigenvalue weighted by Gasteiger charge is -2.22. The van der Waals surface area contributed by atoms with Crippen LogP contribution in [0.1, 0.15) is 27.2 Å². The van der Waals surface area contributed by atoms with Gasteiger partial charge in [-0.25, -0.2) is 0 Å². The number of hydrogen-bond acceptors (Lipinski definition) is 3. The van der Waals surface area contributed by atoms with Crippen molar-refractivity contribution >= 4 is 21.8 Å². The zero-order valence-electron chi connectivity index (χ0n) is 16.9. The molecule has 0 aliphatic heterocycles. The van der Waals surface area contributed by atoms with Crippen LogP contribution in [0.3, 0.4) is 0 Å². The predicted octanol–water partition coefficient (Wildman–Crippen LogP) is 6.46. The normalized spacial score (nSPS) is 10.6. The second-order valence-corrected chi connectivity index (χ2v) is 8.09. The second kappa shape index (κ2) is 10.1. The van der Waals surface area contributed by atoms with Gasteiger partial charge in [-0.05, 0) is 53.6 Å². The molecule has 1 amide bonds. The third-order valence-electron chi connectivity index (χ3n) is 4.81. The van der Waals surface area contributed by atoms with E-state index in [9.17, 15) is 4.79 Å². The molecular weight excluding hydrogens is 454 g/mol. The number of nitrogens with zero attached hydrogens (tertiary/aromatic N) is 1. The van der Waals surface area contributed by atoms with Crippen LogP contribution in [0, 0.1) is 0 Å². The number of hydrogen-bond donors (Lipinski definition) is 0. The summed E-state index contributed by atoms with van der Waals surface area (Å²) >= 11 is 3.45. The molecule has 0 saturated heterocycles. The Morgan fingerprint density at radius 3 is 2.42 bits per heavy atom. The number of furan rings is 1. The molecule has 5 heteroatoms. The highest BCUT2D eigenvalue weighted by Crippen LogP contribution is 2.20. The molecule has 1 heterocycles. The minimum absolute atomic E-state index is 0.0618. The van der Waals surface area contributed by atoms with Gasteiger partial charge in [0.2, 0.25) is 0 Å². The van der Waals surface area contributed by atoms with Crippen LogP contribution in [-0.4, -0.2) is 10.8 Å². The summed E-state index contributed by atoms with van der Waals surface area (Å²) in [6.45, 7) is 1.32. The monoisotopic (exact) mass is 475 g/mol. The minimum atomic E-state index is -0.0618. The summed E-state index contributed by atoms with van der Waals surface area (Å²) in [6, 6.07) is 29.0. The summed E-state index contributed by atoms with van der Waals surface area (Å²) in [6.07, 6.45) is 1.62. The largest absolute Gasteiger partial charge is 0.489 e. The van der Waals surface area contributed by atoms with Crippen molar-refractivity contribution in [1.29, 1.82) is 0 Å². The average molecular weight is 476 g/mol. The summed E-state index contributed by atoms with van der Waals surface area (Å²) in [7, 11) is 0. The highest BCUT2D eigenvalue weighted by Gasteiger charge is 2.18. The summed E-state index contributed by atoms with van der Waals surface area (Å²) in [5.41, 5.74) is 2.72. The number of rotatable bonds is 8. The van der Waals surface area contributed by atoms with E-state index in [1.807, 2.05) is 91.0 Å². The highest BCUT2D eigenvalue weighted by atomic mass is 79.9. The maximum atomic E-state index is 13.3. The summed E-state index contributed by atoms with van der Waals surface area (Å²) in [5, 5.41) is 0. The van der Waals surface area contributed by atoms with Crippen molar-refractivity contribution < 1.29 is 13.9 Å². The van der Waals surface area contributed by atoms with Crippen molar-refractivity contribution in [1.82, 2.24) is 4.90 Å². The topological polar surface area (TPSA) is 42.7 Å². The maximum absolute atomic E-state index is 13.3. The van der Waals surface area contributed by atoms with E-state index >= 15 is 0 Å². The van der Waals surface area contributed by atoms with Gasteiger partial charge in [0.1, 0.15) is 18.1 Å². The Kier molecular flexibility index (Phi) is 6.85. The van der Waals surface area contributed by atoms with Gasteiger partial charge in [-0.3, -0.25) is 4.79 Å². The Hall–Kier alpha value is -3.31. The van der Waals surface area contributed by atoms with Gasteiger partial charge in [0.15, 0.2) is 0 Å². The van der Waals surface area contributed by atoms with Crippen LogP contribution in [0.15, 0.2) is 106 Å². The molecule has 0 saturated carbocycles. The predicted molar refractivity (Wildman–Crippen MR) is 124 cm³/mol. The third-order valence-corrected chi connectivity index (χ3v) is 5.30. The quantitative estimate of drug-likeness (QED) is 0.293. The fraction of sp³-hybridized carbons (Fsp3) is 0.115. The van der Waals surface area contributed by atoms with Crippen LogP contribution >= 0.6 is 15.9 Å². The Bertz CT molecular complexity index is 1130. The first kappa shape index (κ1) is 20.9. The van der Waals surface area contributed by atoms with E-state index in [0.717, 1.165) is 27.1 Å². The summed E-state index contributed by atoms with van der Waals surface area (Å²) in [5.74, 6) is 1.45. The molecule has 0 aliphatic carbocycles. The molecule has 4 rings (SSSR count). The summed E-state index contributed by atoms with van der Waals surface area (Å²) < 4.78 is 12.3. The van der Waals surface area contributed by atoms with Crippen molar-refractivity contribution in [2.24, 2.45) is 0 Å².